The molecule has 21 heavy (non-hydrogen) atoms. The largest absolute Gasteiger partial charge is 0.493 e. The molecular weight excluding hydrogens is 270 g/mol. The van der Waals surface area contributed by atoms with Gasteiger partial charge in [0.1, 0.15) is 0 Å². The number of aliphatic hydroxyl groups excluding tert-OH is 1. The molecule has 1 atom stereocenters. The molecule has 1 heterocycles. The smallest absolute Gasteiger partial charge is 0.268 e. The number of fused-ring (bicyclic) bond motifs is 1. The topological polar surface area (TPSA) is 59.0 Å². The molecule has 1 aliphatic rings. The average molecular weight is 293 g/mol. The normalized spacial score (nSPS) is 17.4. The summed E-state index contributed by atoms with van der Waals surface area (Å²) in [6.07, 6.45) is 2.08. The number of nitrogens with zero attached hydrogens (tertiary/aromatic N) is 1. The number of aliphatic hydroxyl groups is 1. The minimum atomic E-state index is -0.469. The molecule has 116 valence electrons. The highest BCUT2D eigenvalue weighted by Crippen LogP contribution is 2.43. The second-order valence-corrected chi connectivity index (χ2v) is 5.16. The fourth-order valence-electron chi connectivity index (χ4n) is 2.49. The molecule has 1 aromatic carbocycles. The Balaban J connectivity index is 2.50. The van der Waals surface area contributed by atoms with E-state index in [4.69, 9.17) is 9.47 Å². The van der Waals surface area contributed by atoms with Crippen LogP contribution in [0.1, 0.15) is 38.7 Å². The number of anilines is 1. The van der Waals surface area contributed by atoms with E-state index >= 15 is 0 Å². The van der Waals surface area contributed by atoms with Gasteiger partial charge in [-0.1, -0.05) is 20.3 Å². The van der Waals surface area contributed by atoms with Crippen LogP contribution in [0.15, 0.2) is 12.1 Å². The van der Waals surface area contributed by atoms with Crippen molar-refractivity contribution in [1.29, 1.82) is 0 Å². The monoisotopic (exact) mass is 293 g/mol. The van der Waals surface area contributed by atoms with Crippen LogP contribution in [0.5, 0.6) is 11.5 Å². The Labute approximate surface area is 125 Å². The van der Waals surface area contributed by atoms with Gasteiger partial charge in [0.25, 0.3) is 5.91 Å². The van der Waals surface area contributed by atoms with Gasteiger partial charge in [-0.25, -0.2) is 0 Å². The molecule has 0 fully saturated rings. The van der Waals surface area contributed by atoms with Gasteiger partial charge in [0.15, 0.2) is 17.6 Å². The van der Waals surface area contributed by atoms with E-state index in [2.05, 4.69) is 6.92 Å². The van der Waals surface area contributed by atoms with Gasteiger partial charge in [-0.15, -0.1) is 0 Å². The van der Waals surface area contributed by atoms with Crippen LogP contribution in [-0.4, -0.2) is 30.8 Å². The first kappa shape index (κ1) is 15.6. The number of amides is 1. The number of unbranched alkanes of at least 4 members (excludes halogenated alkanes) is 1. The number of benzene rings is 1. The quantitative estimate of drug-likeness (QED) is 0.875. The van der Waals surface area contributed by atoms with Gasteiger partial charge >= 0.3 is 0 Å². The molecule has 1 aromatic rings. The van der Waals surface area contributed by atoms with Crippen LogP contribution in [0, 0.1) is 0 Å². The van der Waals surface area contributed by atoms with E-state index in [0.717, 1.165) is 12.8 Å². The van der Waals surface area contributed by atoms with Crippen molar-refractivity contribution < 1.29 is 19.4 Å². The summed E-state index contributed by atoms with van der Waals surface area (Å²) in [5.41, 5.74) is 1.40. The molecule has 0 radical (unpaired) electrons. The molecule has 0 spiro atoms. The molecule has 2 rings (SSSR count). The van der Waals surface area contributed by atoms with Gasteiger partial charge in [-0.3, -0.25) is 4.79 Å². The van der Waals surface area contributed by atoms with Gasteiger partial charge in [0.2, 0.25) is 0 Å². The van der Waals surface area contributed by atoms with Crippen molar-refractivity contribution in [2.75, 3.05) is 18.6 Å². The summed E-state index contributed by atoms with van der Waals surface area (Å²) in [5.74, 6) is 1.14. The highest BCUT2D eigenvalue weighted by molar-refractivity contribution is 6.00. The van der Waals surface area contributed by atoms with Gasteiger partial charge in [-0.2, -0.15) is 0 Å². The highest BCUT2D eigenvalue weighted by atomic mass is 16.5. The SMILES string of the molecule is CCCCN1C(=O)C(CC)Oc2c(OC)cc(CO)cc21. The number of methoxy groups -OCH3 is 1. The number of hydrogen-bond acceptors (Lipinski definition) is 4. The first-order valence-corrected chi connectivity index (χ1v) is 7.46. The second-order valence-electron chi connectivity index (χ2n) is 5.16. The molecule has 0 aromatic heterocycles. The molecule has 1 aliphatic heterocycles. The zero-order chi connectivity index (χ0) is 15.4. The third kappa shape index (κ3) is 2.97. The maximum Gasteiger partial charge on any atom is 0.268 e. The molecule has 5 heteroatoms. The van der Waals surface area contributed by atoms with Gasteiger partial charge in [0.05, 0.1) is 19.4 Å². The fourth-order valence-corrected chi connectivity index (χ4v) is 2.49. The fraction of sp³-hybridized carbons (Fsp3) is 0.562. The Morgan fingerprint density at radius 1 is 1.38 bits per heavy atom. The van der Waals surface area contributed by atoms with E-state index in [-0.39, 0.29) is 12.5 Å². The first-order valence-electron chi connectivity index (χ1n) is 7.46. The lowest BCUT2D eigenvalue weighted by Gasteiger charge is -2.35. The average Bonchev–Trinajstić information content (AvgIpc) is 2.52. The summed E-state index contributed by atoms with van der Waals surface area (Å²) in [7, 11) is 1.56. The Kier molecular flexibility index (Phi) is 5.07. The van der Waals surface area contributed by atoms with Gasteiger partial charge in [-0.05, 0) is 30.5 Å². The van der Waals surface area contributed by atoms with E-state index < -0.39 is 6.10 Å². The predicted molar refractivity (Wildman–Crippen MR) is 80.9 cm³/mol. The second kappa shape index (κ2) is 6.80. The summed E-state index contributed by atoms with van der Waals surface area (Å²) < 4.78 is 11.2. The van der Waals surface area contributed by atoms with Crippen LogP contribution in [-0.2, 0) is 11.4 Å². The minimum Gasteiger partial charge on any atom is -0.493 e. The van der Waals surface area contributed by atoms with Crippen molar-refractivity contribution >= 4 is 11.6 Å². The number of hydrogen-bond donors (Lipinski definition) is 1. The third-order valence-electron chi connectivity index (χ3n) is 3.70. The van der Waals surface area contributed by atoms with E-state index in [1.165, 1.54) is 0 Å². The standard InChI is InChI=1S/C16H23NO4/c1-4-6-7-17-12-8-11(10-18)9-14(20-3)15(12)21-13(5-2)16(17)19/h8-9,13,18H,4-7,10H2,1-3H3. The van der Waals surface area contributed by atoms with Crippen LogP contribution in [0.2, 0.25) is 0 Å². The maximum atomic E-state index is 12.5. The van der Waals surface area contributed by atoms with Crippen molar-refractivity contribution in [2.45, 2.75) is 45.8 Å². The minimum absolute atomic E-state index is 0.0180. The lowest BCUT2D eigenvalue weighted by atomic mass is 10.1. The lowest BCUT2D eigenvalue weighted by molar-refractivity contribution is -0.126. The van der Waals surface area contributed by atoms with Gasteiger partial charge in [0, 0.05) is 6.54 Å². The number of carbonyl (C=O) groups excluding carboxylic acids is 1. The van der Waals surface area contributed by atoms with E-state index in [0.29, 0.717) is 35.7 Å². The molecule has 0 aliphatic carbocycles. The summed E-state index contributed by atoms with van der Waals surface area (Å²) in [5, 5.41) is 9.39. The molecule has 1 unspecified atom stereocenters. The van der Waals surface area contributed by atoms with E-state index in [1.54, 1.807) is 24.1 Å². The number of rotatable bonds is 6. The van der Waals surface area contributed by atoms with Crippen LogP contribution < -0.4 is 14.4 Å². The molecule has 0 saturated heterocycles. The molecule has 5 nitrogen and oxygen atoms in total. The molecule has 1 amide bonds. The van der Waals surface area contributed by atoms with Crippen molar-refractivity contribution in [3.63, 3.8) is 0 Å². The Morgan fingerprint density at radius 2 is 2.14 bits per heavy atom. The van der Waals surface area contributed by atoms with Crippen molar-refractivity contribution in [3.8, 4) is 11.5 Å². The van der Waals surface area contributed by atoms with Crippen molar-refractivity contribution in [1.82, 2.24) is 0 Å². The van der Waals surface area contributed by atoms with Crippen LogP contribution >= 0.6 is 0 Å². The number of ether oxygens (including phenoxy) is 2. The summed E-state index contributed by atoms with van der Waals surface area (Å²) in [6.45, 7) is 4.57. The zero-order valence-corrected chi connectivity index (χ0v) is 12.9. The predicted octanol–water partition coefficient (Wildman–Crippen LogP) is 2.49. The lowest BCUT2D eigenvalue weighted by Crippen LogP contribution is -2.46. The van der Waals surface area contributed by atoms with Crippen LogP contribution in [0.3, 0.4) is 0 Å². The van der Waals surface area contributed by atoms with Crippen molar-refractivity contribution in [2.24, 2.45) is 0 Å². The summed E-state index contributed by atoms with van der Waals surface area (Å²) in [6, 6.07) is 3.55. The molecular formula is C16H23NO4. The number of carbonyl (C=O) groups is 1. The molecule has 1 N–H and O–H groups in total. The Hall–Kier alpha value is -1.75. The molecule has 0 bridgehead atoms. The zero-order valence-electron chi connectivity index (χ0n) is 12.9. The molecule has 0 saturated carbocycles. The van der Waals surface area contributed by atoms with Crippen LogP contribution in [0.25, 0.3) is 0 Å². The maximum absolute atomic E-state index is 12.5. The summed E-state index contributed by atoms with van der Waals surface area (Å²) in [4.78, 5) is 14.3. The summed E-state index contributed by atoms with van der Waals surface area (Å²) >= 11 is 0. The van der Waals surface area contributed by atoms with Crippen LogP contribution in [0.4, 0.5) is 5.69 Å². The Morgan fingerprint density at radius 3 is 2.71 bits per heavy atom. The van der Waals surface area contributed by atoms with Gasteiger partial charge < -0.3 is 19.5 Å². The van der Waals surface area contributed by atoms with Crippen molar-refractivity contribution in [3.05, 3.63) is 17.7 Å². The first-order chi connectivity index (χ1) is 10.2. The van der Waals surface area contributed by atoms with E-state index in [1.807, 2.05) is 6.92 Å². The highest BCUT2D eigenvalue weighted by Gasteiger charge is 2.35. The Bertz CT molecular complexity index is 515. The van der Waals surface area contributed by atoms with E-state index in [9.17, 15) is 9.90 Å². The third-order valence-corrected chi connectivity index (χ3v) is 3.70.